The van der Waals surface area contributed by atoms with Crippen LogP contribution in [0, 0.1) is 6.92 Å². The van der Waals surface area contributed by atoms with Crippen LogP contribution in [0.15, 0.2) is 6.07 Å². The Kier molecular flexibility index (Phi) is 2.99. The van der Waals surface area contributed by atoms with Gasteiger partial charge in [-0.25, -0.2) is 9.97 Å². The summed E-state index contributed by atoms with van der Waals surface area (Å²) in [6.07, 6.45) is 2.58. The SMILES string of the molecule is Cc1cc(Cl)nc(CN2CCCC2)n1. The minimum Gasteiger partial charge on any atom is -0.296 e. The van der Waals surface area contributed by atoms with Gasteiger partial charge in [0, 0.05) is 5.69 Å². The van der Waals surface area contributed by atoms with Gasteiger partial charge in [0.15, 0.2) is 0 Å². The molecule has 0 radical (unpaired) electrons. The first-order valence-electron chi connectivity index (χ1n) is 4.96. The van der Waals surface area contributed by atoms with Gasteiger partial charge in [-0.15, -0.1) is 0 Å². The van der Waals surface area contributed by atoms with E-state index >= 15 is 0 Å². The summed E-state index contributed by atoms with van der Waals surface area (Å²) in [6, 6.07) is 1.79. The first-order valence-corrected chi connectivity index (χ1v) is 5.34. The minimum absolute atomic E-state index is 0.548. The molecule has 2 rings (SSSR count). The van der Waals surface area contributed by atoms with Crippen molar-refractivity contribution in [3.05, 3.63) is 22.7 Å². The van der Waals surface area contributed by atoms with Crippen molar-refractivity contribution in [2.45, 2.75) is 26.3 Å². The van der Waals surface area contributed by atoms with E-state index in [1.165, 1.54) is 12.8 Å². The van der Waals surface area contributed by atoms with Crippen LogP contribution in [0.4, 0.5) is 0 Å². The molecule has 3 nitrogen and oxygen atoms in total. The van der Waals surface area contributed by atoms with Gasteiger partial charge in [-0.05, 0) is 38.9 Å². The molecule has 0 saturated carbocycles. The number of rotatable bonds is 2. The first kappa shape index (κ1) is 9.87. The van der Waals surface area contributed by atoms with Crippen molar-refractivity contribution in [2.24, 2.45) is 0 Å². The van der Waals surface area contributed by atoms with Crippen LogP contribution >= 0.6 is 11.6 Å². The summed E-state index contributed by atoms with van der Waals surface area (Å²) in [4.78, 5) is 10.9. The number of hydrogen-bond donors (Lipinski definition) is 0. The maximum Gasteiger partial charge on any atom is 0.144 e. The zero-order chi connectivity index (χ0) is 9.97. The van der Waals surface area contributed by atoms with Crippen LogP contribution in [0.1, 0.15) is 24.4 Å². The van der Waals surface area contributed by atoms with E-state index in [1.807, 2.05) is 6.92 Å². The number of aromatic nitrogens is 2. The molecular weight excluding hydrogens is 198 g/mol. The first-order chi connectivity index (χ1) is 6.74. The molecule has 0 aliphatic carbocycles. The number of nitrogens with zero attached hydrogens (tertiary/aromatic N) is 3. The van der Waals surface area contributed by atoms with Crippen LogP contribution in [-0.4, -0.2) is 28.0 Å². The zero-order valence-electron chi connectivity index (χ0n) is 8.33. The summed E-state index contributed by atoms with van der Waals surface area (Å²) in [5.74, 6) is 0.844. The van der Waals surface area contributed by atoms with E-state index in [-0.39, 0.29) is 0 Å². The largest absolute Gasteiger partial charge is 0.296 e. The number of halogens is 1. The minimum atomic E-state index is 0.548. The van der Waals surface area contributed by atoms with Gasteiger partial charge in [-0.2, -0.15) is 0 Å². The van der Waals surface area contributed by atoms with Crippen LogP contribution in [0.25, 0.3) is 0 Å². The molecule has 0 bridgehead atoms. The molecule has 1 saturated heterocycles. The third-order valence-corrected chi connectivity index (χ3v) is 2.63. The van der Waals surface area contributed by atoms with Gasteiger partial charge in [0.25, 0.3) is 0 Å². The molecule has 0 unspecified atom stereocenters. The smallest absolute Gasteiger partial charge is 0.144 e. The summed E-state index contributed by atoms with van der Waals surface area (Å²) in [5.41, 5.74) is 0.944. The van der Waals surface area contributed by atoms with Crippen molar-refractivity contribution < 1.29 is 0 Å². The third kappa shape index (κ3) is 2.42. The monoisotopic (exact) mass is 211 g/mol. The fourth-order valence-electron chi connectivity index (χ4n) is 1.80. The molecule has 2 heterocycles. The fourth-order valence-corrected chi connectivity index (χ4v) is 2.06. The van der Waals surface area contributed by atoms with Crippen molar-refractivity contribution in [1.29, 1.82) is 0 Å². The molecule has 0 aromatic carbocycles. The Bertz CT molecular complexity index is 301. The Morgan fingerprint density at radius 1 is 1.36 bits per heavy atom. The molecule has 1 aromatic heterocycles. The summed E-state index contributed by atoms with van der Waals surface area (Å²) < 4.78 is 0. The Labute approximate surface area is 89.1 Å². The van der Waals surface area contributed by atoms with Crippen molar-refractivity contribution in [3.8, 4) is 0 Å². The predicted molar refractivity (Wildman–Crippen MR) is 56.3 cm³/mol. The summed E-state index contributed by atoms with van der Waals surface area (Å²) in [5, 5.41) is 0.548. The van der Waals surface area contributed by atoms with Crippen molar-refractivity contribution in [1.82, 2.24) is 14.9 Å². The lowest BCUT2D eigenvalue weighted by molar-refractivity contribution is 0.322. The van der Waals surface area contributed by atoms with E-state index in [2.05, 4.69) is 14.9 Å². The molecule has 1 aliphatic rings. The van der Waals surface area contributed by atoms with E-state index in [0.717, 1.165) is 31.2 Å². The predicted octanol–water partition coefficient (Wildman–Crippen LogP) is 2.03. The number of hydrogen-bond acceptors (Lipinski definition) is 3. The van der Waals surface area contributed by atoms with Gasteiger partial charge >= 0.3 is 0 Å². The highest BCUT2D eigenvalue weighted by Gasteiger charge is 2.13. The maximum absolute atomic E-state index is 5.87. The molecule has 4 heteroatoms. The molecule has 0 N–H and O–H groups in total. The number of likely N-dealkylation sites (tertiary alicyclic amines) is 1. The van der Waals surface area contributed by atoms with Crippen LogP contribution in [0.3, 0.4) is 0 Å². The third-order valence-electron chi connectivity index (χ3n) is 2.43. The van der Waals surface area contributed by atoms with Crippen LogP contribution in [-0.2, 0) is 6.54 Å². The Morgan fingerprint density at radius 2 is 2.07 bits per heavy atom. The van der Waals surface area contributed by atoms with E-state index in [9.17, 15) is 0 Å². The van der Waals surface area contributed by atoms with E-state index < -0.39 is 0 Å². The molecule has 0 spiro atoms. The molecule has 14 heavy (non-hydrogen) atoms. The lowest BCUT2D eigenvalue weighted by Gasteiger charge is -2.13. The molecule has 0 amide bonds. The molecule has 76 valence electrons. The lowest BCUT2D eigenvalue weighted by Crippen LogP contribution is -2.20. The molecule has 1 fully saturated rings. The molecule has 0 atom stereocenters. The Balaban J connectivity index is 2.07. The van der Waals surface area contributed by atoms with Crippen LogP contribution < -0.4 is 0 Å². The van der Waals surface area contributed by atoms with Gasteiger partial charge < -0.3 is 0 Å². The zero-order valence-corrected chi connectivity index (χ0v) is 9.09. The van der Waals surface area contributed by atoms with E-state index in [4.69, 9.17) is 11.6 Å². The molecule has 1 aromatic rings. The lowest BCUT2D eigenvalue weighted by atomic mass is 10.4. The highest BCUT2D eigenvalue weighted by Crippen LogP contribution is 2.12. The quantitative estimate of drug-likeness (QED) is 0.701. The summed E-state index contributed by atoms with van der Waals surface area (Å²) in [6.45, 7) is 5.10. The Hall–Kier alpha value is -0.670. The van der Waals surface area contributed by atoms with Crippen molar-refractivity contribution in [2.75, 3.05) is 13.1 Å². The standard InChI is InChI=1S/C10H14ClN3/c1-8-6-9(11)13-10(12-8)7-14-4-2-3-5-14/h6H,2-5,7H2,1H3. The van der Waals surface area contributed by atoms with Crippen LogP contribution in [0.2, 0.25) is 5.15 Å². The average Bonchev–Trinajstić information content (AvgIpc) is 2.54. The topological polar surface area (TPSA) is 29.0 Å². The normalized spacial score (nSPS) is 17.6. The highest BCUT2D eigenvalue weighted by atomic mass is 35.5. The highest BCUT2D eigenvalue weighted by molar-refractivity contribution is 6.29. The van der Waals surface area contributed by atoms with E-state index in [1.54, 1.807) is 6.07 Å². The average molecular weight is 212 g/mol. The second kappa shape index (κ2) is 4.24. The second-order valence-corrected chi connectivity index (χ2v) is 4.12. The number of aryl methyl sites for hydroxylation is 1. The van der Waals surface area contributed by atoms with Crippen LogP contribution in [0.5, 0.6) is 0 Å². The van der Waals surface area contributed by atoms with Crippen molar-refractivity contribution >= 4 is 11.6 Å². The molecule has 1 aliphatic heterocycles. The Morgan fingerprint density at radius 3 is 2.71 bits per heavy atom. The summed E-state index contributed by atoms with van der Waals surface area (Å²) in [7, 11) is 0. The second-order valence-electron chi connectivity index (χ2n) is 3.73. The van der Waals surface area contributed by atoms with Gasteiger partial charge in [-0.3, -0.25) is 4.90 Å². The van der Waals surface area contributed by atoms with Gasteiger partial charge in [0.1, 0.15) is 11.0 Å². The van der Waals surface area contributed by atoms with Gasteiger partial charge in [-0.1, -0.05) is 11.6 Å². The fraction of sp³-hybridized carbons (Fsp3) is 0.600. The van der Waals surface area contributed by atoms with Gasteiger partial charge in [0.05, 0.1) is 6.54 Å². The van der Waals surface area contributed by atoms with Gasteiger partial charge in [0.2, 0.25) is 0 Å². The van der Waals surface area contributed by atoms with Crippen molar-refractivity contribution in [3.63, 3.8) is 0 Å². The maximum atomic E-state index is 5.87. The summed E-state index contributed by atoms with van der Waals surface area (Å²) >= 11 is 5.87. The van der Waals surface area contributed by atoms with E-state index in [0.29, 0.717) is 5.15 Å². The molecular formula is C10H14ClN3.